The lowest BCUT2D eigenvalue weighted by atomic mass is 9.91. The highest BCUT2D eigenvalue weighted by molar-refractivity contribution is 6.01. The standard InChI is InChI=1S/C31H37FN4O4/c1-33-30(38)27(10-6-18-37)36-20-26-21(8-5-9-24(26)31(36)39)7-3-2-4-15-35-16-13-22(14-17-35)29-25-12-11-23(32)19-28(25)40-34-29/h5,8-9,11-12,18-19,22,27H,2-4,6-7,10,13-17,20H2,1H3,(H,33,38). The third kappa shape index (κ3) is 5.94. The van der Waals surface area contributed by atoms with Crippen molar-refractivity contribution >= 4 is 29.1 Å². The zero-order chi connectivity index (χ0) is 28.1. The number of likely N-dealkylation sites (tertiary alicyclic amines) is 1. The van der Waals surface area contributed by atoms with Crippen molar-refractivity contribution in [2.24, 2.45) is 0 Å². The normalized spacial score (nSPS) is 16.9. The van der Waals surface area contributed by atoms with Crippen LogP contribution in [0.3, 0.4) is 0 Å². The minimum absolute atomic E-state index is 0.134. The van der Waals surface area contributed by atoms with Gasteiger partial charge in [0.05, 0.1) is 5.69 Å². The van der Waals surface area contributed by atoms with Crippen LogP contribution in [-0.4, -0.2) is 65.8 Å². The summed E-state index contributed by atoms with van der Waals surface area (Å²) < 4.78 is 18.8. The number of aromatic nitrogens is 1. The number of carbonyl (C=O) groups excluding carboxylic acids is 3. The van der Waals surface area contributed by atoms with E-state index in [9.17, 15) is 18.8 Å². The molecule has 3 heterocycles. The largest absolute Gasteiger partial charge is 0.357 e. The summed E-state index contributed by atoms with van der Waals surface area (Å²) >= 11 is 0. The molecule has 212 valence electrons. The molecule has 40 heavy (non-hydrogen) atoms. The van der Waals surface area contributed by atoms with E-state index in [1.165, 1.54) is 17.7 Å². The number of benzene rings is 2. The van der Waals surface area contributed by atoms with E-state index >= 15 is 0 Å². The Morgan fingerprint density at radius 2 is 2.02 bits per heavy atom. The van der Waals surface area contributed by atoms with Crippen LogP contribution in [0.15, 0.2) is 40.9 Å². The van der Waals surface area contributed by atoms with Crippen molar-refractivity contribution in [2.45, 2.75) is 69.9 Å². The number of nitrogens with one attached hydrogen (secondary N) is 1. The van der Waals surface area contributed by atoms with Gasteiger partial charge in [-0.2, -0.15) is 0 Å². The summed E-state index contributed by atoms with van der Waals surface area (Å²) in [5.74, 6) is -0.339. The van der Waals surface area contributed by atoms with Gasteiger partial charge in [-0.3, -0.25) is 9.59 Å². The molecule has 0 bridgehead atoms. The summed E-state index contributed by atoms with van der Waals surface area (Å²) in [7, 11) is 1.55. The van der Waals surface area contributed by atoms with Crippen LogP contribution in [0.2, 0.25) is 0 Å². The van der Waals surface area contributed by atoms with Gasteiger partial charge >= 0.3 is 0 Å². The smallest absolute Gasteiger partial charge is 0.255 e. The molecular formula is C31H37FN4O4. The lowest BCUT2D eigenvalue weighted by molar-refractivity contribution is -0.125. The van der Waals surface area contributed by atoms with Gasteiger partial charge in [-0.05, 0) is 87.5 Å². The Labute approximate surface area is 233 Å². The number of halogens is 1. The van der Waals surface area contributed by atoms with Crippen molar-refractivity contribution in [3.8, 4) is 0 Å². The van der Waals surface area contributed by atoms with Crippen molar-refractivity contribution < 1.29 is 23.3 Å². The minimum Gasteiger partial charge on any atom is -0.357 e. The topological polar surface area (TPSA) is 95.8 Å². The number of aldehydes is 1. The molecule has 1 aromatic heterocycles. The first-order chi connectivity index (χ1) is 19.5. The Balaban J connectivity index is 1.08. The van der Waals surface area contributed by atoms with Crippen LogP contribution in [0.5, 0.6) is 0 Å². The van der Waals surface area contributed by atoms with Gasteiger partial charge in [-0.25, -0.2) is 4.39 Å². The monoisotopic (exact) mass is 548 g/mol. The fourth-order valence-electron chi connectivity index (χ4n) is 6.21. The fourth-order valence-corrected chi connectivity index (χ4v) is 6.21. The van der Waals surface area contributed by atoms with Gasteiger partial charge in [0.15, 0.2) is 5.58 Å². The molecule has 0 saturated carbocycles. The maximum atomic E-state index is 13.5. The molecule has 2 aliphatic rings. The number of hydrogen-bond donors (Lipinski definition) is 1. The van der Waals surface area contributed by atoms with Gasteiger partial charge in [0.25, 0.3) is 5.91 Å². The van der Waals surface area contributed by atoms with E-state index in [0.717, 1.165) is 81.1 Å². The first kappa shape index (κ1) is 28.0. The molecule has 8 nitrogen and oxygen atoms in total. The van der Waals surface area contributed by atoms with Crippen LogP contribution in [0.25, 0.3) is 11.0 Å². The molecule has 9 heteroatoms. The highest BCUT2D eigenvalue weighted by Gasteiger charge is 2.36. The molecule has 2 amide bonds. The minimum atomic E-state index is -0.641. The number of unbranched alkanes of at least 4 members (excludes halogenated alkanes) is 2. The molecule has 3 aromatic rings. The molecular weight excluding hydrogens is 511 g/mol. The van der Waals surface area contributed by atoms with Crippen molar-refractivity contribution in [1.29, 1.82) is 0 Å². The molecule has 2 aromatic carbocycles. The van der Waals surface area contributed by atoms with Crippen molar-refractivity contribution in [1.82, 2.24) is 20.3 Å². The second-order valence-electron chi connectivity index (χ2n) is 10.9. The molecule has 0 spiro atoms. The molecule has 0 radical (unpaired) electrons. The Morgan fingerprint density at radius 3 is 2.80 bits per heavy atom. The Morgan fingerprint density at radius 1 is 1.20 bits per heavy atom. The predicted octanol–water partition coefficient (Wildman–Crippen LogP) is 4.61. The third-order valence-electron chi connectivity index (χ3n) is 8.43. The van der Waals surface area contributed by atoms with Crippen LogP contribution >= 0.6 is 0 Å². The molecule has 1 fully saturated rings. The van der Waals surface area contributed by atoms with Crippen LogP contribution in [0.4, 0.5) is 4.39 Å². The third-order valence-corrected chi connectivity index (χ3v) is 8.43. The molecule has 1 N–H and O–H groups in total. The van der Waals surface area contributed by atoms with Crippen LogP contribution in [0, 0.1) is 5.82 Å². The number of hydrogen-bond acceptors (Lipinski definition) is 6. The highest BCUT2D eigenvalue weighted by Crippen LogP contribution is 2.33. The maximum absolute atomic E-state index is 13.5. The average Bonchev–Trinajstić information content (AvgIpc) is 3.54. The van der Waals surface area contributed by atoms with E-state index in [0.29, 0.717) is 30.0 Å². The number of likely N-dealkylation sites (N-methyl/N-ethyl adjacent to an activating group) is 1. The second-order valence-corrected chi connectivity index (χ2v) is 10.9. The van der Waals surface area contributed by atoms with E-state index in [1.54, 1.807) is 18.0 Å². The van der Waals surface area contributed by atoms with Gasteiger partial charge in [-0.1, -0.05) is 23.7 Å². The van der Waals surface area contributed by atoms with E-state index in [1.807, 2.05) is 12.1 Å². The van der Waals surface area contributed by atoms with Gasteiger partial charge in [0, 0.05) is 42.9 Å². The SMILES string of the molecule is CNC(=O)C(CCC=O)N1Cc2c(CCCCCN3CCC(c4noc5cc(F)ccc45)CC3)cccc2C1=O. The number of aryl methyl sites for hydroxylation is 1. The molecule has 2 aliphatic heterocycles. The first-order valence-corrected chi connectivity index (χ1v) is 14.3. The number of piperidine rings is 1. The second kappa shape index (κ2) is 12.7. The van der Waals surface area contributed by atoms with Gasteiger partial charge in [0.1, 0.15) is 18.1 Å². The van der Waals surface area contributed by atoms with Crippen molar-refractivity contribution in [3.63, 3.8) is 0 Å². The molecule has 1 unspecified atom stereocenters. The molecule has 1 atom stereocenters. The Kier molecular flexibility index (Phi) is 8.89. The Bertz CT molecular complexity index is 1360. The lowest BCUT2D eigenvalue weighted by Crippen LogP contribution is -2.46. The lowest BCUT2D eigenvalue weighted by Gasteiger charge is -2.31. The van der Waals surface area contributed by atoms with Gasteiger partial charge in [0.2, 0.25) is 5.91 Å². The van der Waals surface area contributed by atoms with E-state index in [4.69, 9.17) is 4.52 Å². The summed E-state index contributed by atoms with van der Waals surface area (Å²) in [6, 6.07) is 9.84. The van der Waals surface area contributed by atoms with Gasteiger partial charge in [-0.15, -0.1) is 0 Å². The first-order valence-electron chi connectivity index (χ1n) is 14.3. The average molecular weight is 549 g/mol. The number of nitrogens with zero attached hydrogens (tertiary/aromatic N) is 3. The summed E-state index contributed by atoms with van der Waals surface area (Å²) in [6.07, 6.45) is 7.53. The van der Waals surface area contributed by atoms with Crippen molar-refractivity contribution in [2.75, 3.05) is 26.7 Å². The zero-order valence-electron chi connectivity index (χ0n) is 23.0. The quantitative estimate of drug-likeness (QED) is 0.262. The summed E-state index contributed by atoms with van der Waals surface area (Å²) in [6.45, 7) is 3.50. The van der Waals surface area contributed by atoms with Crippen LogP contribution in [-0.2, 0) is 22.6 Å². The van der Waals surface area contributed by atoms with E-state index in [2.05, 4.69) is 21.4 Å². The zero-order valence-corrected chi connectivity index (χ0v) is 23.0. The maximum Gasteiger partial charge on any atom is 0.255 e. The number of rotatable bonds is 12. The van der Waals surface area contributed by atoms with Crippen LogP contribution < -0.4 is 5.32 Å². The molecule has 1 saturated heterocycles. The van der Waals surface area contributed by atoms with E-state index < -0.39 is 6.04 Å². The predicted molar refractivity (Wildman–Crippen MR) is 149 cm³/mol. The number of amides is 2. The van der Waals surface area contributed by atoms with E-state index in [-0.39, 0.29) is 24.1 Å². The summed E-state index contributed by atoms with van der Waals surface area (Å²) in [5, 5.41) is 7.80. The van der Waals surface area contributed by atoms with Crippen LogP contribution in [0.1, 0.15) is 78.0 Å². The summed E-state index contributed by atoms with van der Waals surface area (Å²) in [5.41, 5.74) is 4.32. The highest BCUT2D eigenvalue weighted by atomic mass is 19.1. The fraction of sp³-hybridized carbons (Fsp3) is 0.484. The molecule has 0 aliphatic carbocycles. The van der Waals surface area contributed by atoms with Crippen molar-refractivity contribution in [3.05, 3.63) is 64.6 Å². The Hall–Kier alpha value is -3.59. The number of carbonyl (C=O) groups is 3. The molecule has 5 rings (SSSR count). The number of fused-ring (bicyclic) bond motifs is 2. The summed E-state index contributed by atoms with van der Waals surface area (Å²) in [4.78, 5) is 40.6. The van der Waals surface area contributed by atoms with Gasteiger partial charge < -0.3 is 24.4 Å².